The number of anilines is 2. The molecule has 1 aliphatic carbocycles. The van der Waals surface area contributed by atoms with E-state index in [9.17, 15) is 9.59 Å². The zero-order chi connectivity index (χ0) is 18.7. The first kappa shape index (κ1) is 18.0. The highest BCUT2D eigenvalue weighted by atomic mass is 16.5. The minimum Gasteiger partial charge on any atom is -0.495 e. The van der Waals surface area contributed by atoms with Gasteiger partial charge in [-0.3, -0.25) is 9.59 Å². The van der Waals surface area contributed by atoms with E-state index in [1.165, 1.54) is 0 Å². The number of methoxy groups -OCH3 is 1. The lowest BCUT2D eigenvalue weighted by molar-refractivity contribution is -0.123. The Morgan fingerprint density at radius 2 is 1.92 bits per heavy atom. The number of hydrogen-bond acceptors (Lipinski definition) is 3. The standard InChI is InChI=1S/C21H24N2O3/c1-4-23(15-9-7-8-14(2)12-15)21(25)17-13-16(17)20(24)22-18-10-5-6-11-19(18)26-3/h5-12,16-17H,4,13H2,1-3H3,(H,22,24). The Kier molecular flexibility index (Phi) is 5.26. The number of carbonyl (C=O) groups is 2. The summed E-state index contributed by atoms with van der Waals surface area (Å²) in [6.45, 7) is 4.54. The Morgan fingerprint density at radius 3 is 2.62 bits per heavy atom. The highest BCUT2D eigenvalue weighted by Gasteiger charge is 2.49. The lowest BCUT2D eigenvalue weighted by Crippen LogP contribution is -2.33. The van der Waals surface area contributed by atoms with Crippen LogP contribution in [-0.4, -0.2) is 25.5 Å². The molecule has 2 atom stereocenters. The number of carbonyl (C=O) groups excluding carboxylic acids is 2. The zero-order valence-corrected chi connectivity index (χ0v) is 15.4. The molecule has 2 unspecified atom stereocenters. The van der Waals surface area contributed by atoms with Crippen molar-refractivity contribution in [3.63, 3.8) is 0 Å². The van der Waals surface area contributed by atoms with Gasteiger partial charge in [0, 0.05) is 12.2 Å². The van der Waals surface area contributed by atoms with Crippen molar-refractivity contribution >= 4 is 23.2 Å². The van der Waals surface area contributed by atoms with E-state index in [0.29, 0.717) is 24.4 Å². The molecule has 5 nitrogen and oxygen atoms in total. The number of rotatable bonds is 6. The molecule has 0 aliphatic heterocycles. The molecule has 26 heavy (non-hydrogen) atoms. The summed E-state index contributed by atoms with van der Waals surface area (Å²) in [6.07, 6.45) is 0.585. The van der Waals surface area contributed by atoms with Crippen LogP contribution in [0.25, 0.3) is 0 Å². The van der Waals surface area contributed by atoms with Crippen LogP contribution in [0.1, 0.15) is 18.9 Å². The van der Waals surface area contributed by atoms with Crippen molar-refractivity contribution in [3.8, 4) is 5.75 Å². The van der Waals surface area contributed by atoms with E-state index in [-0.39, 0.29) is 23.7 Å². The van der Waals surface area contributed by atoms with E-state index in [4.69, 9.17) is 4.74 Å². The summed E-state index contributed by atoms with van der Waals surface area (Å²) in [4.78, 5) is 27.1. The van der Waals surface area contributed by atoms with Crippen LogP contribution < -0.4 is 15.0 Å². The second-order valence-electron chi connectivity index (χ2n) is 6.56. The molecule has 1 aliphatic rings. The van der Waals surface area contributed by atoms with E-state index >= 15 is 0 Å². The molecule has 136 valence electrons. The lowest BCUT2D eigenvalue weighted by atomic mass is 10.2. The zero-order valence-electron chi connectivity index (χ0n) is 15.4. The maximum Gasteiger partial charge on any atom is 0.230 e. The molecule has 0 bridgehead atoms. The van der Waals surface area contributed by atoms with Gasteiger partial charge in [0.15, 0.2) is 0 Å². The van der Waals surface area contributed by atoms with Gasteiger partial charge >= 0.3 is 0 Å². The smallest absolute Gasteiger partial charge is 0.230 e. The Morgan fingerprint density at radius 1 is 1.15 bits per heavy atom. The van der Waals surface area contributed by atoms with Crippen molar-refractivity contribution in [1.82, 2.24) is 0 Å². The third-order valence-electron chi connectivity index (χ3n) is 4.70. The van der Waals surface area contributed by atoms with Crippen LogP contribution in [0.3, 0.4) is 0 Å². The average molecular weight is 352 g/mol. The minimum absolute atomic E-state index is 0.0123. The molecule has 2 aromatic carbocycles. The molecule has 1 N–H and O–H groups in total. The molecule has 0 aromatic heterocycles. The monoisotopic (exact) mass is 352 g/mol. The summed E-state index contributed by atoms with van der Waals surface area (Å²) in [6, 6.07) is 15.1. The summed E-state index contributed by atoms with van der Waals surface area (Å²) in [5.74, 6) is -0.0535. The van der Waals surface area contributed by atoms with Crippen LogP contribution in [0.2, 0.25) is 0 Å². The summed E-state index contributed by atoms with van der Waals surface area (Å²) in [5, 5.41) is 2.88. The van der Waals surface area contributed by atoms with Crippen molar-refractivity contribution in [3.05, 3.63) is 54.1 Å². The van der Waals surface area contributed by atoms with Gasteiger partial charge in [-0.2, -0.15) is 0 Å². The van der Waals surface area contributed by atoms with Gasteiger partial charge < -0.3 is 15.0 Å². The van der Waals surface area contributed by atoms with Gasteiger partial charge in [0.2, 0.25) is 11.8 Å². The normalized spacial score (nSPS) is 18.1. The summed E-state index contributed by atoms with van der Waals surface area (Å²) in [7, 11) is 1.56. The number of hydrogen-bond donors (Lipinski definition) is 1. The van der Waals surface area contributed by atoms with Gasteiger partial charge in [-0.1, -0.05) is 24.3 Å². The molecule has 1 saturated carbocycles. The second kappa shape index (κ2) is 7.60. The van der Waals surface area contributed by atoms with Gasteiger partial charge in [0.25, 0.3) is 0 Å². The molecular formula is C21H24N2O3. The molecule has 2 aromatic rings. The second-order valence-corrected chi connectivity index (χ2v) is 6.56. The maximum atomic E-state index is 12.9. The molecule has 3 rings (SSSR count). The fourth-order valence-electron chi connectivity index (χ4n) is 3.19. The van der Waals surface area contributed by atoms with Gasteiger partial charge in [-0.05, 0) is 50.1 Å². The molecule has 5 heteroatoms. The van der Waals surface area contributed by atoms with Crippen LogP contribution in [0.4, 0.5) is 11.4 Å². The minimum atomic E-state index is -0.286. The summed E-state index contributed by atoms with van der Waals surface area (Å²) < 4.78 is 5.26. The summed E-state index contributed by atoms with van der Waals surface area (Å²) in [5.41, 5.74) is 2.62. The molecule has 0 spiro atoms. The van der Waals surface area contributed by atoms with Gasteiger partial charge in [0.05, 0.1) is 24.6 Å². The SMILES string of the molecule is CCN(C(=O)C1CC1C(=O)Nc1ccccc1OC)c1cccc(C)c1. The number of ether oxygens (including phenoxy) is 1. The first-order valence-corrected chi connectivity index (χ1v) is 8.87. The van der Waals surface area contributed by atoms with Crippen LogP contribution in [0.15, 0.2) is 48.5 Å². The Hall–Kier alpha value is -2.82. The third-order valence-corrected chi connectivity index (χ3v) is 4.70. The van der Waals surface area contributed by atoms with Crippen molar-refractivity contribution in [2.45, 2.75) is 20.3 Å². The predicted octanol–water partition coefficient (Wildman–Crippen LogP) is 3.63. The fourth-order valence-corrected chi connectivity index (χ4v) is 3.19. The van der Waals surface area contributed by atoms with E-state index in [2.05, 4.69) is 5.32 Å². The molecule has 1 fully saturated rings. The topological polar surface area (TPSA) is 58.6 Å². The molecule has 0 radical (unpaired) electrons. The predicted molar refractivity (Wildman–Crippen MR) is 102 cm³/mol. The lowest BCUT2D eigenvalue weighted by Gasteiger charge is -2.21. The molecule has 2 amide bonds. The largest absolute Gasteiger partial charge is 0.495 e. The van der Waals surface area contributed by atoms with Crippen molar-refractivity contribution in [2.75, 3.05) is 23.9 Å². The molecule has 0 heterocycles. The van der Waals surface area contributed by atoms with Gasteiger partial charge in [-0.15, -0.1) is 0 Å². The van der Waals surface area contributed by atoms with E-state index in [1.807, 2.05) is 50.2 Å². The quantitative estimate of drug-likeness (QED) is 0.864. The maximum absolute atomic E-state index is 12.9. The van der Waals surface area contributed by atoms with Gasteiger partial charge in [-0.25, -0.2) is 0 Å². The highest BCUT2D eigenvalue weighted by molar-refractivity contribution is 6.04. The van der Waals surface area contributed by atoms with E-state index in [1.54, 1.807) is 24.1 Å². The number of benzene rings is 2. The Labute approximate surface area is 154 Å². The summed E-state index contributed by atoms with van der Waals surface area (Å²) >= 11 is 0. The number of nitrogens with zero attached hydrogens (tertiary/aromatic N) is 1. The van der Waals surface area contributed by atoms with Crippen molar-refractivity contribution in [2.24, 2.45) is 11.8 Å². The average Bonchev–Trinajstić information content (AvgIpc) is 3.44. The third kappa shape index (κ3) is 3.72. The molecular weight excluding hydrogens is 328 g/mol. The number of para-hydroxylation sites is 2. The van der Waals surface area contributed by atoms with Crippen molar-refractivity contribution < 1.29 is 14.3 Å². The highest BCUT2D eigenvalue weighted by Crippen LogP contribution is 2.42. The van der Waals surface area contributed by atoms with Crippen LogP contribution in [-0.2, 0) is 9.59 Å². The number of amides is 2. The first-order valence-electron chi connectivity index (χ1n) is 8.87. The fraction of sp³-hybridized carbons (Fsp3) is 0.333. The van der Waals surface area contributed by atoms with Crippen LogP contribution in [0.5, 0.6) is 5.75 Å². The van der Waals surface area contributed by atoms with Crippen LogP contribution in [0, 0.1) is 18.8 Å². The van der Waals surface area contributed by atoms with Crippen molar-refractivity contribution in [1.29, 1.82) is 0 Å². The molecule has 0 saturated heterocycles. The van der Waals surface area contributed by atoms with Gasteiger partial charge in [0.1, 0.15) is 5.75 Å². The Bertz CT molecular complexity index is 818. The number of nitrogens with one attached hydrogen (secondary N) is 1. The Balaban J connectivity index is 1.67. The first-order chi connectivity index (χ1) is 12.5. The van der Waals surface area contributed by atoms with Crippen LogP contribution >= 0.6 is 0 Å². The van der Waals surface area contributed by atoms with E-state index < -0.39 is 0 Å². The number of aryl methyl sites for hydroxylation is 1. The van der Waals surface area contributed by atoms with E-state index in [0.717, 1.165) is 11.3 Å².